The van der Waals surface area contributed by atoms with Gasteiger partial charge in [-0.15, -0.1) is 0 Å². The molecular formula is C12H24O. The second-order valence-electron chi connectivity index (χ2n) is 5.48. The zero-order valence-electron chi connectivity index (χ0n) is 9.92. The highest BCUT2D eigenvalue weighted by Gasteiger charge is 2.43. The van der Waals surface area contributed by atoms with Crippen molar-refractivity contribution in [2.75, 3.05) is 0 Å². The molecule has 1 heterocycles. The van der Waals surface area contributed by atoms with Crippen LogP contribution in [0.5, 0.6) is 0 Å². The van der Waals surface area contributed by atoms with Crippen LogP contribution in [0.25, 0.3) is 0 Å². The van der Waals surface area contributed by atoms with E-state index in [1.54, 1.807) is 0 Å². The van der Waals surface area contributed by atoms with Gasteiger partial charge in [0.05, 0.1) is 11.7 Å². The van der Waals surface area contributed by atoms with Gasteiger partial charge in [-0.2, -0.15) is 0 Å². The summed E-state index contributed by atoms with van der Waals surface area (Å²) in [4.78, 5) is 0. The minimum atomic E-state index is 0.119. The van der Waals surface area contributed by atoms with Gasteiger partial charge in [-0.25, -0.2) is 0 Å². The van der Waals surface area contributed by atoms with Crippen LogP contribution in [-0.2, 0) is 4.74 Å². The predicted molar refractivity (Wildman–Crippen MR) is 56.7 cm³/mol. The molecule has 1 aliphatic heterocycles. The third-order valence-electron chi connectivity index (χ3n) is 3.57. The molecule has 1 rings (SSSR count). The van der Waals surface area contributed by atoms with E-state index in [2.05, 4.69) is 41.5 Å². The Kier molecular flexibility index (Phi) is 3.06. The van der Waals surface area contributed by atoms with Gasteiger partial charge in [-0.05, 0) is 31.1 Å². The Morgan fingerprint density at radius 3 is 2.00 bits per heavy atom. The lowest BCUT2D eigenvalue weighted by Gasteiger charge is -2.30. The molecule has 1 unspecified atom stereocenters. The Balaban J connectivity index is 2.69. The molecule has 1 heteroatoms. The molecule has 1 saturated heterocycles. The van der Waals surface area contributed by atoms with E-state index in [1.165, 1.54) is 6.42 Å². The van der Waals surface area contributed by atoms with Crippen molar-refractivity contribution >= 4 is 0 Å². The minimum absolute atomic E-state index is 0.119. The Bertz CT molecular complexity index is 174. The van der Waals surface area contributed by atoms with E-state index < -0.39 is 0 Å². The molecule has 0 spiro atoms. The van der Waals surface area contributed by atoms with Crippen LogP contribution in [0.1, 0.15) is 48.0 Å². The number of hydrogen-bond acceptors (Lipinski definition) is 1. The largest absolute Gasteiger partial charge is 0.371 e. The molecule has 0 aromatic rings. The van der Waals surface area contributed by atoms with Crippen molar-refractivity contribution in [3.63, 3.8) is 0 Å². The van der Waals surface area contributed by atoms with E-state index >= 15 is 0 Å². The van der Waals surface area contributed by atoms with Crippen LogP contribution in [0.2, 0.25) is 0 Å². The molecule has 0 aromatic heterocycles. The normalized spacial score (nSPS) is 40.6. The molecule has 3 atom stereocenters. The Morgan fingerprint density at radius 1 is 1.23 bits per heavy atom. The number of hydrogen-bond donors (Lipinski definition) is 0. The maximum absolute atomic E-state index is 6.18. The average molecular weight is 184 g/mol. The third kappa shape index (κ3) is 2.07. The molecule has 0 bridgehead atoms. The highest BCUT2D eigenvalue weighted by molar-refractivity contribution is 4.92. The van der Waals surface area contributed by atoms with Crippen molar-refractivity contribution in [1.82, 2.24) is 0 Å². The van der Waals surface area contributed by atoms with E-state index in [-0.39, 0.29) is 5.60 Å². The summed E-state index contributed by atoms with van der Waals surface area (Å²) in [7, 11) is 0. The first-order valence-electron chi connectivity index (χ1n) is 5.54. The fourth-order valence-electron chi connectivity index (χ4n) is 2.40. The fourth-order valence-corrected chi connectivity index (χ4v) is 2.40. The van der Waals surface area contributed by atoms with Gasteiger partial charge in [-0.1, -0.05) is 34.6 Å². The zero-order valence-corrected chi connectivity index (χ0v) is 9.92. The standard InChI is InChI=1S/C12H24O/c1-8(2)11-10(5)7-12(6,13-11)9(3)4/h8-11H,7H2,1-6H3/t10?,11-,12-/m1/s1. The van der Waals surface area contributed by atoms with E-state index in [9.17, 15) is 0 Å². The Labute approximate surface area is 82.9 Å². The van der Waals surface area contributed by atoms with Crippen molar-refractivity contribution in [3.8, 4) is 0 Å². The molecule has 1 nitrogen and oxygen atoms in total. The molecule has 0 aromatic carbocycles. The van der Waals surface area contributed by atoms with Crippen LogP contribution in [-0.4, -0.2) is 11.7 Å². The summed E-state index contributed by atoms with van der Waals surface area (Å²) < 4.78 is 6.18. The first-order valence-corrected chi connectivity index (χ1v) is 5.54. The summed E-state index contributed by atoms with van der Waals surface area (Å²) in [6.07, 6.45) is 1.68. The van der Waals surface area contributed by atoms with Crippen LogP contribution in [0, 0.1) is 17.8 Å². The van der Waals surface area contributed by atoms with Gasteiger partial charge in [0.25, 0.3) is 0 Å². The van der Waals surface area contributed by atoms with E-state index in [1.807, 2.05) is 0 Å². The maximum atomic E-state index is 6.18. The summed E-state index contributed by atoms with van der Waals surface area (Å²) in [6.45, 7) is 13.6. The SMILES string of the molecule is CC(C)[C@H]1O[C@@](C)(C(C)C)CC1C. The highest BCUT2D eigenvalue weighted by atomic mass is 16.5. The number of ether oxygens (including phenoxy) is 1. The Morgan fingerprint density at radius 2 is 1.77 bits per heavy atom. The zero-order chi connectivity index (χ0) is 10.2. The molecular weight excluding hydrogens is 160 g/mol. The monoisotopic (exact) mass is 184 g/mol. The molecule has 1 aliphatic rings. The summed E-state index contributed by atoms with van der Waals surface area (Å²) >= 11 is 0. The van der Waals surface area contributed by atoms with Gasteiger partial charge in [-0.3, -0.25) is 0 Å². The molecule has 0 aliphatic carbocycles. The fraction of sp³-hybridized carbons (Fsp3) is 1.00. The van der Waals surface area contributed by atoms with Gasteiger partial charge in [0.15, 0.2) is 0 Å². The van der Waals surface area contributed by atoms with Crippen LogP contribution in [0.15, 0.2) is 0 Å². The first kappa shape index (κ1) is 11.0. The topological polar surface area (TPSA) is 9.23 Å². The van der Waals surface area contributed by atoms with Gasteiger partial charge in [0, 0.05) is 0 Å². The van der Waals surface area contributed by atoms with Gasteiger partial charge >= 0.3 is 0 Å². The maximum Gasteiger partial charge on any atom is 0.0684 e. The van der Waals surface area contributed by atoms with Crippen molar-refractivity contribution in [1.29, 1.82) is 0 Å². The van der Waals surface area contributed by atoms with Crippen molar-refractivity contribution in [3.05, 3.63) is 0 Å². The Hall–Kier alpha value is -0.0400. The van der Waals surface area contributed by atoms with Crippen molar-refractivity contribution in [2.45, 2.75) is 59.7 Å². The lowest BCUT2D eigenvalue weighted by molar-refractivity contribution is -0.0762. The molecule has 0 saturated carbocycles. The van der Waals surface area contributed by atoms with Crippen LogP contribution >= 0.6 is 0 Å². The highest BCUT2D eigenvalue weighted by Crippen LogP contribution is 2.41. The first-order chi connectivity index (χ1) is 5.87. The lowest BCUT2D eigenvalue weighted by atomic mass is 9.84. The van der Waals surface area contributed by atoms with Gasteiger partial charge in [0.1, 0.15) is 0 Å². The van der Waals surface area contributed by atoms with Gasteiger partial charge < -0.3 is 4.74 Å². The van der Waals surface area contributed by atoms with E-state index in [0.29, 0.717) is 23.9 Å². The smallest absolute Gasteiger partial charge is 0.0684 e. The summed E-state index contributed by atoms with van der Waals surface area (Å²) in [5.74, 6) is 1.99. The summed E-state index contributed by atoms with van der Waals surface area (Å²) in [5, 5.41) is 0. The van der Waals surface area contributed by atoms with Crippen LogP contribution < -0.4 is 0 Å². The molecule has 78 valence electrons. The molecule has 0 N–H and O–H groups in total. The minimum Gasteiger partial charge on any atom is -0.371 e. The lowest BCUT2D eigenvalue weighted by Crippen LogP contribution is -2.32. The van der Waals surface area contributed by atoms with Crippen molar-refractivity contribution in [2.24, 2.45) is 17.8 Å². The van der Waals surface area contributed by atoms with Crippen LogP contribution in [0.3, 0.4) is 0 Å². The van der Waals surface area contributed by atoms with Crippen molar-refractivity contribution < 1.29 is 4.74 Å². The summed E-state index contributed by atoms with van der Waals surface area (Å²) in [6, 6.07) is 0. The third-order valence-corrected chi connectivity index (χ3v) is 3.57. The molecule has 13 heavy (non-hydrogen) atoms. The predicted octanol–water partition coefficient (Wildman–Crippen LogP) is 3.48. The van der Waals surface area contributed by atoms with Gasteiger partial charge in [0.2, 0.25) is 0 Å². The van der Waals surface area contributed by atoms with Crippen LogP contribution in [0.4, 0.5) is 0 Å². The molecule has 0 amide bonds. The second-order valence-corrected chi connectivity index (χ2v) is 5.48. The summed E-state index contributed by atoms with van der Waals surface area (Å²) in [5.41, 5.74) is 0.119. The van der Waals surface area contributed by atoms with E-state index in [0.717, 1.165) is 0 Å². The number of rotatable bonds is 2. The molecule has 0 radical (unpaired) electrons. The quantitative estimate of drug-likeness (QED) is 0.638. The molecule has 1 fully saturated rings. The van der Waals surface area contributed by atoms with E-state index in [4.69, 9.17) is 4.74 Å². The average Bonchev–Trinajstić information content (AvgIpc) is 2.28. The second kappa shape index (κ2) is 3.61.